The number of hydrogen-bond acceptors (Lipinski definition) is 2. The van der Waals surface area contributed by atoms with Gasteiger partial charge in [-0.15, -0.1) is 0 Å². The van der Waals surface area contributed by atoms with Gasteiger partial charge in [-0.25, -0.2) is 0 Å². The molecule has 0 amide bonds. The summed E-state index contributed by atoms with van der Waals surface area (Å²) >= 11 is 3.30. The fourth-order valence-corrected chi connectivity index (χ4v) is 2.14. The maximum absolute atomic E-state index is 5.44. The lowest BCUT2D eigenvalue weighted by Gasteiger charge is -2.10. The van der Waals surface area contributed by atoms with Crippen LogP contribution in [-0.4, -0.2) is 0 Å². The summed E-state index contributed by atoms with van der Waals surface area (Å²) in [5.41, 5.74) is 2.51. The minimum Gasteiger partial charge on any atom is -0.452 e. The number of rotatable bonds is 5. The molecular formula is C15H18BrNO. The molecule has 0 bridgehead atoms. The van der Waals surface area contributed by atoms with Gasteiger partial charge in [-0.3, -0.25) is 0 Å². The van der Waals surface area contributed by atoms with Crippen LogP contribution in [0, 0.1) is 0 Å². The summed E-state index contributed by atoms with van der Waals surface area (Å²) in [5, 5.41) is 3.34. The molecule has 3 heteroatoms. The Labute approximate surface area is 117 Å². The first-order valence-corrected chi connectivity index (χ1v) is 7.06. The highest BCUT2D eigenvalue weighted by atomic mass is 79.9. The van der Waals surface area contributed by atoms with E-state index < -0.39 is 0 Å². The van der Waals surface area contributed by atoms with Crippen LogP contribution in [0.1, 0.15) is 37.5 Å². The fraction of sp³-hybridized carbons (Fsp3) is 0.333. The highest BCUT2D eigenvalue weighted by Gasteiger charge is 2.03. The highest BCUT2D eigenvalue weighted by molar-refractivity contribution is 9.10. The van der Waals surface area contributed by atoms with E-state index >= 15 is 0 Å². The van der Waals surface area contributed by atoms with Crippen molar-refractivity contribution in [2.75, 3.05) is 5.32 Å². The van der Waals surface area contributed by atoms with Crippen LogP contribution in [0.15, 0.2) is 45.5 Å². The number of halogens is 1. The van der Waals surface area contributed by atoms with Gasteiger partial charge in [0.15, 0.2) is 4.67 Å². The smallest absolute Gasteiger partial charge is 0.169 e. The van der Waals surface area contributed by atoms with E-state index in [-0.39, 0.29) is 0 Å². The Balaban J connectivity index is 1.94. The molecule has 2 rings (SSSR count). The van der Waals surface area contributed by atoms with E-state index in [9.17, 15) is 0 Å². The van der Waals surface area contributed by atoms with E-state index in [1.54, 1.807) is 0 Å². The van der Waals surface area contributed by atoms with Crippen LogP contribution in [0.25, 0.3) is 0 Å². The lowest BCUT2D eigenvalue weighted by atomic mass is 9.99. The maximum atomic E-state index is 5.44. The van der Waals surface area contributed by atoms with Crippen LogP contribution >= 0.6 is 15.9 Å². The predicted molar refractivity (Wildman–Crippen MR) is 78.9 cm³/mol. The van der Waals surface area contributed by atoms with Crippen LogP contribution in [0.5, 0.6) is 0 Å². The number of furan rings is 1. The van der Waals surface area contributed by atoms with E-state index in [0.29, 0.717) is 12.5 Å². The SMILES string of the molecule is CCC(C)c1ccc(NCc2ccc(Br)o2)cc1. The van der Waals surface area contributed by atoms with Crippen molar-refractivity contribution in [2.45, 2.75) is 32.7 Å². The summed E-state index contributed by atoms with van der Waals surface area (Å²) in [6.45, 7) is 5.17. The first-order valence-electron chi connectivity index (χ1n) is 6.27. The van der Waals surface area contributed by atoms with Crippen molar-refractivity contribution < 1.29 is 4.42 Å². The van der Waals surface area contributed by atoms with Gasteiger partial charge >= 0.3 is 0 Å². The molecule has 0 aliphatic carbocycles. The maximum Gasteiger partial charge on any atom is 0.169 e. The summed E-state index contributed by atoms with van der Waals surface area (Å²) < 4.78 is 6.21. The molecule has 0 fully saturated rings. The molecular weight excluding hydrogens is 290 g/mol. The molecule has 1 unspecified atom stereocenters. The summed E-state index contributed by atoms with van der Waals surface area (Å²) in [6.07, 6.45) is 1.17. The quantitative estimate of drug-likeness (QED) is 0.824. The van der Waals surface area contributed by atoms with E-state index in [1.165, 1.54) is 12.0 Å². The minimum absolute atomic E-state index is 0.625. The second kappa shape index (κ2) is 6.10. The lowest BCUT2D eigenvalue weighted by molar-refractivity contribution is 0.495. The van der Waals surface area contributed by atoms with Crippen molar-refractivity contribution in [3.8, 4) is 0 Å². The van der Waals surface area contributed by atoms with E-state index in [4.69, 9.17) is 4.42 Å². The van der Waals surface area contributed by atoms with Crippen LogP contribution in [0.3, 0.4) is 0 Å². The third kappa shape index (κ3) is 3.39. The Bertz CT molecular complexity index is 489. The monoisotopic (exact) mass is 307 g/mol. The van der Waals surface area contributed by atoms with Gasteiger partial charge in [0, 0.05) is 5.69 Å². The Morgan fingerprint density at radius 3 is 2.44 bits per heavy atom. The molecule has 0 aliphatic heterocycles. The van der Waals surface area contributed by atoms with Crippen molar-refractivity contribution in [1.29, 1.82) is 0 Å². The van der Waals surface area contributed by atoms with Crippen molar-refractivity contribution in [3.05, 3.63) is 52.4 Å². The van der Waals surface area contributed by atoms with Gasteiger partial charge in [0.1, 0.15) is 5.76 Å². The van der Waals surface area contributed by atoms with Crippen molar-refractivity contribution in [3.63, 3.8) is 0 Å². The van der Waals surface area contributed by atoms with E-state index in [1.807, 2.05) is 12.1 Å². The van der Waals surface area contributed by atoms with Crippen LogP contribution < -0.4 is 5.32 Å². The third-order valence-corrected chi connectivity index (χ3v) is 3.61. The molecule has 1 heterocycles. The molecule has 18 heavy (non-hydrogen) atoms. The molecule has 1 atom stereocenters. The van der Waals surface area contributed by atoms with Gasteiger partial charge in [-0.1, -0.05) is 26.0 Å². The van der Waals surface area contributed by atoms with Crippen LogP contribution in [0.4, 0.5) is 5.69 Å². The number of nitrogens with one attached hydrogen (secondary N) is 1. The Morgan fingerprint density at radius 1 is 1.17 bits per heavy atom. The first-order chi connectivity index (χ1) is 8.69. The molecule has 96 valence electrons. The average Bonchev–Trinajstić information content (AvgIpc) is 2.82. The van der Waals surface area contributed by atoms with Crippen LogP contribution in [-0.2, 0) is 6.54 Å². The topological polar surface area (TPSA) is 25.2 Å². The molecule has 2 aromatic rings. The van der Waals surface area contributed by atoms with Crippen molar-refractivity contribution in [2.24, 2.45) is 0 Å². The minimum atomic E-state index is 0.625. The Kier molecular flexibility index (Phi) is 4.48. The molecule has 0 aliphatic rings. The molecule has 2 nitrogen and oxygen atoms in total. The molecule has 0 spiro atoms. The summed E-state index contributed by atoms with van der Waals surface area (Å²) in [6, 6.07) is 12.5. The average molecular weight is 308 g/mol. The molecule has 0 radical (unpaired) electrons. The third-order valence-electron chi connectivity index (χ3n) is 3.19. The number of benzene rings is 1. The molecule has 1 aromatic heterocycles. The summed E-state index contributed by atoms with van der Waals surface area (Å²) in [7, 11) is 0. The lowest BCUT2D eigenvalue weighted by Crippen LogP contribution is -1.98. The van der Waals surface area contributed by atoms with Gasteiger partial charge in [0.25, 0.3) is 0 Å². The van der Waals surface area contributed by atoms with Crippen LogP contribution in [0.2, 0.25) is 0 Å². The van der Waals surface area contributed by atoms with E-state index in [2.05, 4.69) is 59.4 Å². The zero-order valence-corrected chi connectivity index (χ0v) is 12.3. The summed E-state index contributed by atoms with van der Waals surface area (Å²) in [4.78, 5) is 0. The Morgan fingerprint density at radius 2 is 1.89 bits per heavy atom. The van der Waals surface area contributed by atoms with Gasteiger partial charge in [-0.05, 0) is 58.1 Å². The second-order valence-corrected chi connectivity index (χ2v) is 5.27. The zero-order valence-electron chi connectivity index (χ0n) is 10.7. The highest BCUT2D eigenvalue weighted by Crippen LogP contribution is 2.21. The summed E-state index contributed by atoms with van der Waals surface area (Å²) in [5.74, 6) is 1.55. The zero-order chi connectivity index (χ0) is 13.0. The fourth-order valence-electron chi connectivity index (χ4n) is 1.80. The number of anilines is 1. The van der Waals surface area contributed by atoms with Gasteiger partial charge in [-0.2, -0.15) is 0 Å². The largest absolute Gasteiger partial charge is 0.452 e. The van der Waals surface area contributed by atoms with Gasteiger partial charge < -0.3 is 9.73 Å². The van der Waals surface area contributed by atoms with Crippen molar-refractivity contribution >= 4 is 21.6 Å². The Hall–Kier alpha value is -1.22. The molecule has 1 N–H and O–H groups in total. The molecule has 1 aromatic carbocycles. The molecule has 0 saturated heterocycles. The van der Waals surface area contributed by atoms with Gasteiger partial charge in [0.05, 0.1) is 6.54 Å². The van der Waals surface area contributed by atoms with Crippen molar-refractivity contribution in [1.82, 2.24) is 0 Å². The molecule has 0 saturated carbocycles. The predicted octanol–water partition coefficient (Wildman–Crippen LogP) is 5.17. The second-order valence-electron chi connectivity index (χ2n) is 4.49. The normalized spacial score (nSPS) is 12.4. The number of hydrogen-bond donors (Lipinski definition) is 1. The van der Waals surface area contributed by atoms with Gasteiger partial charge in [0.2, 0.25) is 0 Å². The van der Waals surface area contributed by atoms with E-state index in [0.717, 1.165) is 16.1 Å². The standard InChI is InChI=1S/C15H18BrNO/c1-3-11(2)12-4-6-13(7-5-12)17-10-14-8-9-15(16)18-14/h4-9,11,17H,3,10H2,1-2H3. The first kappa shape index (κ1) is 13.2.